The van der Waals surface area contributed by atoms with E-state index in [0.29, 0.717) is 28.8 Å². The summed E-state index contributed by atoms with van der Waals surface area (Å²) in [4.78, 5) is 16.3. The van der Waals surface area contributed by atoms with E-state index in [1.165, 1.54) is 9.80 Å². The second-order valence-electron chi connectivity index (χ2n) is 7.91. The molecule has 1 aliphatic heterocycles. The van der Waals surface area contributed by atoms with Crippen LogP contribution in [0.4, 0.5) is 0 Å². The molecule has 0 bridgehead atoms. The van der Waals surface area contributed by atoms with E-state index in [1.807, 2.05) is 24.3 Å². The molecular weight excluding hydrogens is 368 g/mol. The SMILES string of the molecule is COc1ccc(-c2c(C)oc3c(C[NH+]4CC[NH+](C)CC4)c(O)ccc3c2=O)cc1. The van der Waals surface area contributed by atoms with Crippen LogP contribution in [0.5, 0.6) is 11.5 Å². The Hall–Kier alpha value is -2.83. The summed E-state index contributed by atoms with van der Waals surface area (Å²) in [6.45, 7) is 6.74. The highest BCUT2D eigenvalue weighted by Crippen LogP contribution is 2.30. The molecule has 6 nitrogen and oxygen atoms in total. The number of fused-ring (bicyclic) bond motifs is 1. The molecule has 0 amide bonds. The Labute approximate surface area is 169 Å². The second kappa shape index (κ2) is 7.89. The molecule has 0 unspecified atom stereocenters. The average molecular weight is 396 g/mol. The average Bonchev–Trinajstić information content (AvgIpc) is 2.72. The minimum absolute atomic E-state index is 0.0759. The molecule has 1 aromatic heterocycles. The monoisotopic (exact) mass is 396 g/mol. The van der Waals surface area contributed by atoms with Gasteiger partial charge in [0.1, 0.15) is 50.0 Å². The van der Waals surface area contributed by atoms with E-state index in [0.717, 1.165) is 43.1 Å². The van der Waals surface area contributed by atoms with Crippen molar-refractivity contribution in [2.24, 2.45) is 0 Å². The van der Waals surface area contributed by atoms with Crippen LogP contribution in [0.1, 0.15) is 11.3 Å². The predicted molar refractivity (Wildman–Crippen MR) is 112 cm³/mol. The third kappa shape index (κ3) is 3.73. The van der Waals surface area contributed by atoms with Gasteiger partial charge in [-0.3, -0.25) is 4.79 Å². The molecule has 152 valence electrons. The molecule has 0 radical (unpaired) electrons. The minimum Gasteiger partial charge on any atom is -0.507 e. The third-order valence-electron chi connectivity index (χ3n) is 5.93. The van der Waals surface area contributed by atoms with E-state index < -0.39 is 0 Å². The smallest absolute Gasteiger partial charge is 0.200 e. The van der Waals surface area contributed by atoms with E-state index in [9.17, 15) is 9.90 Å². The number of aryl methyl sites for hydroxylation is 1. The Morgan fingerprint density at radius 3 is 2.41 bits per heavy atom. The fourth-order valence-electron chi connectivity index (χ4n) is 4.13. The Morgan fingerprint density at radius 1 is 1.07 bits per heavy atom. The molecule has 2 heterocycles. The molecule has 1 saturated heterocycles. The quantitative estimate of drug-likeness (QED) is 0.597. The van der Waals surface area contributed by atoms with Crippen molar-refractivity contribution in [1.29, 1.82) is 0 Å². The van der Waals surface area contributed by atoms with Gasteiger partial charge in [0.15, 0.2) is 5.58 Å². The molecule has 3 N–H and O–H groups in total. The standard InChI is InChI=1S/C23H26N2O4/c1-15-21(16-4-6-17(28-3)7-5-16)22(27)18-8-9-20(26)19(23(18)29-15)14-25-12-10-24(2)11-13-25/h4-9,26H,10-14H2,1-3H3/p+2. The van der Waals surface area contributed by atoms with Gasteiger partial charge in [0, 0.05) is 0 Å². The van der Waals surface area contributed by atoms with Crippen molar-refractivity contribution in [3.8, 4) is 22.6 Å². The lowest BCUT2D eigenvalue weighted by Crippen LogP contribution is -3.26. The number of methoxy groups -OCH3 is 1. The molecule has 2 aromatic carbocycles. The first-order valence-electron chi connectivity index (χ1n) is 10.1. The molecular formula is C23H28N2O4+2. The number of nitrogens with one attached hydrogen (secondary N) is 2. The van der Waals surface area contributed by atoms with Crippen LogP contribution in [0, 0.1) is 6.92 Å². The zero-order chi connectivity index (χ0) is 20.5. The number of quaternary nitrogens is 2. The van der Waals surface area contributed by atoms with Crippen molar-refractivity contribution >= 4 is 11.0 Å². The summed E-state index contributed by atoms with van der Waals surface area (Å²) in [5, 5.41) is 11.0. The maximum atomic E-state index is 13.3. The molecule has 1 aliphatic rings. The predicted octanol–water partition coefficient (Wildman–Crippen LogP) is 0.396. The van der Waals surface area contributed by atoms with Crippen molar-refractivity contribution < 1.29 is 24.1 Å². The van der Waals surface area contributed by atoms with Crippen molar-refractivity contribution in [2.75, 3.05) is 40.3 Å². The van der Waals surface area contributed by atoms with Crippen molar-refractivity contribution in [1.82, 2.24) is 0 Å². The first-order valence-corrected chi connectivity index (χ1v) is 10.1. The van der Waals surface area contributed by atoms with Crippen LogP contribution < -0.4 is 20.0 Å². The number of piperazine rings is 1. The topological polar surface area (TPSA) is 68.6 Å². The van der Waals surface area contributed by atoms with Crippen LogP contribution in [0.15, 0.2) is 45.6 Å². The molecule has 0 atom stereocenters. The van der Waals surface area contributed by atoms with Crippen molar-refractivity contribution in [3.05, 3.63) is 57.9 Å². The van der Waals surface area contributed by atoms with Crippen LogP contribution in [-0.4, -0.2) is 45.4 Å². The second-order valence-corrected chi connectivity index (χ2v) is 7.91. The number of ether oxygens (including phenoxy) is 1. The lowest BCUT2D eigenvalue weighted by Gasteiger charge is -2.27. The highest BCUT2D eigenvalue weighted by molar-refractivity contribution is 5.86. The molecule has 0 spiro atoms. The first kappa shape index (κ1) is 19.5. The normalized spacial score (nSPS) is 19.4. The Kier molecular flexibility index (Phi) is 5.30. The van der Waals surface area contributed by atoms with Gasteiger partial charge in [0.25, 0.3) is 0 Å². The number of likely N-dealkylation sites (N-methyl/N-ethyl adjacent to an activating group) is 1. The van der Waals surface area contributed by atoms with Gasteiger partial charge in [-0.05, 0) is 36.8 Å². The van der Waals surface area contributed by atoms with Crippen LogP contribution in [0.3, 0.4) is 0 Å². The fraction of sp³-hybridized carbons (Fsp3) is 0.348. The Bertz CT molecular complexity index is 1080. The number of aromatic hydroxyl groups is 1. The summed E-state index contributed by atoms with van der Waals surface area (Å²) in [6, 6.07) is 10.7. The van der Waals surface area contributed by atoms with Gasteiger partial charge in [-0.1, -0.05) is 12.1 Å². The maximum Gasteiger partial charge on any atom is 0.200 e. The van der Waals surface area contributed by atoms with E-state index in [1.54, 1.807) is 26.2 Å². The van der Waals surface area contributed by atoms with Crippen LogP contribution in [0.25, 0.3) is 22.1 Å². The zero-order valence-corrected chi connectivity index (χ0v) is 17.2. The summed E-state index contributed by atoms with van der Waals surface area (Å²) in [6.07, 6.45) is 0. The summed E-state index contributed by atoms with van der Waals surface area (Å²) in [7, 11) is 3.82. The highest BCUT2D eigenvalue weighted by atomic mass is 16.5. The van der Waals surface area contributed by atoms with E-state index >= 15 is 0 Å². The molecule has 4 rings (SSSR count). The zero-order valence-electron chi connectivity index (χ0n) is 17.2. The molecule has 3 aromatic rings. The number of rotatable bonds is 4. The van der Waals surface area contributed by atoms with E-state index in [4.69, 9.17) is 9.15 Å². The fourth-order valence-corrected chi connectivity index (χ4v) is 4.13. The summed E-state index contributed by atoms with van der Waals surface area (Å²) >= 11 is 0. The van der Waals surface area contributed by atoms with Gasteiger partial charge in [-0.25, -0.2) is 0 Å². The molecule has 29 heavy (non-hydrogen) atoms. The summed E-state index contributed by atoms with van der Waals surface area (Å²) < 4.78 is 11.4. The lowest BCUT2D eigenvalue weighted by atomic mass is 10.0. The van der Waals surface area contributed by atoms with Crippen molar-refractivity contribution in [2.45, 2.75) is 13.5 Å². The minimum atomic E-state index is -0.0759. The van der Waals surface area contributed by atoms with Crippen LogP contribution in [0.2, 0.25) is 0 Å². The number of phenols is 1. The number of phenolic OH excluding ortho intramolecular Hbond substituents is 1. The molecule has 1 fully saturated rings. The van der Waals surface area contributed by atoms with Crippen LogP contribution >= 0.6 is 0 Å². The van der Waals surface area contributed by atoms with Gasteiger partial charge in [0.2, 0.25) is 5.43 Å². The number of benzene rings is 2. The van der Waals surface area contributed by atoms with Gasteiger partial charge < -0.3 is 24.1 Å². The Morgan fingerprint density at radius 2 is 1.76 bits per heavy atom. The maximum absolute atomic E-state index is 13.3. The number of hydrogen-bond acceptors (Lipinski definition) is 4. The van der Waals surface area contributed by atoms with Crippen molar-refractivity contribution in [3.63, 3.8) is 0 Å². The van der Waals surface area contributed by atoms with E-state index in [-0.39, 0.29) is 11.2 Å². The van der Waals surface area contributed by atoms with Gasteiger partial charge in [-0.2, -0.15) is 0 Å². The highest BCUT2D eigenvalue weighted by Gasteiger charge is 2.24. The van der Waals surface area contributed by atoms with Gasteiger partial charge in [-0.15, -0.1) is 0 Å². The lowest BCUT2D eigenvalue weighted by molar-refractivity contribution is -1.01. The number of hydrogen-bond donors (Lipinski definition) is 3. The first-order chi connectivity index (χ1) is 14.0. The third-order valence-corrected chi connectivity index (χ3v) is 5.93. The summed E-state index contributed by atoms with van der Waals surface area (Å²) in [5.74, 6) is 1.48. The Balaban J connectivity index is 1.79. The summed E-state index contributed by atoms with van der Waals surface area (Å²) in [5.41, 5.74) is 2.49. The molecule has 6 heteroatoms. The van der Waals surface area contributed by atoms with E-state index in [2.05, 4.69) is 7.05 Å². The van der Waals surface area contributed by atoms with Gasteiger partial charge in [0.05, 0.1) is 30.7 Å². The molecule has 0 saturated carbocycles. The van der Waals surface area contributed by atoms with Crippen LogP contribution in [-0.2, 0) is 6.54 Å². The van der Waals surface area contributed by atoms with Gasteiger partial charge >= 0.3 is 0 Å². The molecule has 0 aliphatic carbocycles. The largest absolute Gasteiger partial charge is 0.507 e.